The number of ether oxygens (including phenoxy) is 1. The van der Waals surface area contributed by atoms with Crippen molar-refractivity contribution >= 4 is 31.7 Å². The molecule has 0 aromatic carbocycles. The van der Waals surface area contributed by atoms with E-state index in [0.717, 1.165) is 0 Å². The molecule has 0 radical (unpaired) electrons. The second-order valence-electron chi connectivity index (χ2n) is 8.18. The molecule has 1 atom stereocenters. The Morgan fingerprint density at radius 1 is 1.17 bits per heavy atom. The second-order valence-corrected chi connectivity index (χ2v) is 12.7. The van der Waals surface area contributed by atoms with E-state index in [1.54, 1.807) is 6.92 Å². The van der Waals surface area contributed by atoms with E-state index in [0.29, 0.717) is 25.8 Å². The number of rotatable bonds is 8. The normalized spacial score (nSPS) is 23.2. The van der Waals surface area contributed by atoms with E-state index >= 15 is 0 Å². The van der Waals surface area contributed by atoms with Gasteiger partial charge in [-0.25, -0.2) is 21.1 Å². The highest BCUT2D eigenvalue weighted by molar-refractivity contribution is 7.91. The zero-order valence-electron chi connectivity index (χ0n) is 17.4. The van der Waals surface area contributed by atoms with Crippen LogP contribution in [0.25, 0.3) is 0 Å². The minimum Gasteiger partial charge on any atom is -0.455 e. The molecule has 168 valence electrons. The number of amides is 1. The van der Waals surface area contributed by atoms with Gasteiger partial charge < -0.3 is 9.64 Å². The molecule has 2 heterocycles. The van der Waals surface area contributed by atoms with Gasteiger partial charge in [-0.3, -0.25) is 9.59 Å². The standard InChI is InChI=1S/C18H32N2O7S2/c1-4-29(25,26)19-8-5-15(6-9-19)18(22)27-12-17(21)20(11-14(2)3)16-7-10-28(23,24)13-16/h14-16H,4-13H2,1-3H3. The van der Waals surface area contributed by atoms with E-state index in [-0.39, 0.29) is 48.2 Å². The van der Waals surface area contributed by atoms with E-state index < -0.39 is 38.4 Å². The van der Waals surface area contributed by atoms with Crippen LogP contribution >= 0.6 is 0 Å². The molecule has 1 amide bonds. The molecule has 2 fully saturated rings. The summed E-state index contributed by atoms with van der Waals surface area (Å²) in [7, 11) is -6.40. The van der Waals surface area contributed by atoms with Crippen LogP contribution in [0.2, 0.25) is 0 Å². The average molecular weight is 453 g/mol. The van der Waals surface area contributed by atoms with Crippen molar-refractivity contribution < 1.29 is 31.2 Å². The summed E-state index contributed by atoms with van der Waals surface area (Å²) in [6.07, 6.45) is 1.13. The minimum atomic E-state index is -3.27. The Bertz CT molecular complexity index is 800. The van der Waals surface area contributed by atoms with Gasteiger partial charge in [0.1, 0.15) is 0 Å². The third-order valence-electron chi connectivity index (χ3n) is 5.41. The topological polar surface area (TPSA) is 118 Å². The summed E-state index contributed by atoms with van der Waals surface area (Å²) in [5.74, 6) is -1.13. The molecular formula is C18H32N2O7S2. The lowest BCUT2D eigenvalue weighted by atomic mass is 9.98. The van der Waals surface area contributed by atoms with Crippen LogP contribution in [-0.4, -0.2) is 87.5 Å². The number of esters is 1. The maximum Gasteiger partial charge on any atom is 0.309 e. The lowest BCUT2D eigenvalue weighted by Gasteiger charge is -2.31. The van der Waals surface area contributed by atoms with Crippen molar-refractivity contribution in [2.75, 3.05) is 43.5 Å². The molecule has 9 nitrogen and oxygen atoms in total. The van der Waals surface area contributed by atoms with Gasteiger partial charge in [0.05, 0.1) is 23.2 Å². The van der Waals surface area contributed by atoms with Crippen molar-refractivity contribution in [3.63, 3.8) is 0 Å². The molecule has 0 aliphatic carbocycles. The molecule has 0 aromatic heterocycles. The number of carbonyl (C=O) groups excluding carboxylic acids is 2. The van der Waals surface area contributed by atoms with E-state index in [1.165, 1.54) is 9.21 Å². The van der Waals surface area contributed by atoms with Gasteiger partial charge in [-0.05, 0) is 32.1 Å². The molecule has 0 bridgehead atoms. The molecular weight excluding hydrogens is 420 g/mol. The number of nitrogens with zero attached hydrogens (tertiary/aromatic N) is 2. The second kappa shape index (κ2) is 9.74. The van der Waals surface area contributed by atoms with Gasteiger partial charge in [0.15, 0.2) is 16.4 Å². The van der Waals surface area contributed by atoms with Crippen LogP contribution in [0.4, 0.5) is 0 Å². The Morgan fingerprint density at radius 3 is 2.28 bits per heavy atom. The van der Waals surface area contributed by atoms with Crippen molar-refractivity contribution in [2.45, 2.75) is 46.1 Å². The van der Waals surface area contributed by atoms with Gasteiger partial charge in [-0.1, -0.05) is 13.8 Å². The fraction of sp³-hybridized carbons (Fsp3) is 0.889. The van der Waals surface area contributed by atoms with Crippen LogP contribution < -0.4 is 0 Å². The maximum absolute atomic E-state index is 12.7. The zero-order chi connectivity index (χ0) is 21.8. The lowest BCUT2D eigenvalue weighted by Crippen LogP contribution is -2.46. The minimum absolute atomic E-state index is 0.0270. The molecule has 0 saturated carbocycles. The molecule has 29 heavy (non-hydrogen) atoms. The quantitative estimate of drug-likeness (QED) is 0.485. The van der Waals surface area contributed by atoms with Crippen LogP contribution in [0.3, 0.4) is 0 Å². The molecule has 0 aromatic rings. The van der Waals surface area contributed by atoms with Crippen molar-refractivity contribution in [2.24, 2.45) is 11.8 Å². The first-order chi connectivity index (χ1) is 13.4. The van der Waals surface area contributed by atoms with Crippen LogP contribution in [0.5, 0.6) is 0 Å². The summed E-state index contributed by atoms with van der Waals surface area (Å²) < 4.78 is 53.9. The smallest absolute Gasteiger partial charge is 0.309 e. The van der Waals surface area contributed by atoms with Gasteiger partial charge in [0.25, 0.3) is 5.91 Å². The largest absolute Gasteiger partial charge is 0.455 e. The molecule has 0 N–H and O–H groups in total. The molecule has 2 saturated heterocycles. The summed E-state index contributed by atoms with van der Waals surface area (Å²) in [6.45, 7) is 5.98. The third kappa shape index (κ3) is 6.65. The summed E-state index contributed by atoms with van der Waals surface area (Å²) in [4.78, 5) is 26.5. The van der Waals surface area contributed by atoms with Crippen molar-refractivity contribution in [3.05, 3.63) is 0 Å². The Kier molecular flexibility index (Phi) is 8.08. The number of hydrogen-bond donors (Lipinski definition) is 0. The molecule has 2 rings (SSSR count). The Hall–Kier alpha value is -1.20. The Balaban J connectivity index is 1.88. The maximum atomic E-state index is 12.7. The third-order valence-corrected chi connectivity index (χ3v) is 9.05. The Morgan fingerprint density at radius 2 is 1.79 bits per heavy atom. The highest BCUT2D eigenvalue weighted by Crippen LogP contribution is 2.22. The van der Waals surface area contributed by atoms with Gasteiger partial charge in [0, 0.05) is 25.7 Å². The SMILES string of the molecule is CCS(=O)(=O)N1CCC(C(=O)OCC(=O)N(CC(C)C)C2CCS(=O)(=O)C2)CC1. The van der Waals surface area contributed by atoms with E-state index in [9.17, 15) is 26.4 Å². The molecule has 2 aliphatic heterocycles. The molecule has 11 heteroatoms. The van der Waals surface area contributed by atoms with Gasteiger partial charge in [0.2, 0.25) is 10.0 Å². The first kappa shape index (κ1) is 24.1. The summed E-state index contributed by atoms with van der Waals surface area (Å²) in [5, 5.41) is 0. The van der Waals surface area contributed by atoms with Crippen LogP contribution in [0, 0.1) is 11.8 Å². The van der Waals surface area contributed by atoms with E-state index in [1.807, 2.05) is 13.8 Å². The number of hydrogen-bond acceptors (Lipinski definition) is 7. The monoisotopic (exact) mass is 452 g/mol. The first-order valence-electron chi connectivity index (χ1n) is 10.1. The first-order valence-corrected chi connectivity index (χ1v) is 13.5. The van der Waals surface area contributed by atoms with Gasteiger partial charge in [-0.2, -0.15) is 0 Å². The Labute approximate surface area is 173 Å². The average Bonchev–Trinajstić information content (AvgIpc) is 3.03. The number of sulfonamides is 1. The van der Waals surface area contributed by atoms with Gasteiger partial charge in [-0.15, -0.1) is 0 Å². The number of sulfone groups is 1. The van der Waals surface area contributed by atoms with Crippen LogP contribution in [0.1, 0.15) is 40.0 Å². The molecule has 0 spiro atoms. The van der Waals surface area contributed by atoms with E-state index in [4.69, 9.17) is 4.74 Å². The highest BCUT2D eigenvalue weighted by Gasteiger charge is 2.36. The fourth-order valence-electron chi connectivity index (χ4n) is 3.75. The lowest BCUT2D eigenvalue weighted by molar-refractivity contribution is -0.157. The fourth-order valence-corrected chi connectivity index (χ4v) is 6.62. The van der Waals surface area contributed by atoms with Crippen molar-refractivity contribution in [3.8, 4) is 0 Å². The molecule has 2 aliphatic rings. The van der Waals surface area contributed by atoms with Crippen LogP contribution in [-0.2, 0) is 34.2 Å². The van der Waals surface area contributed by atoms with Crippen LogP contribution in [0.15, 0.2) is 0 Å². The molecule has 1 unspecified atom stereocenters. The summed E-state index contributed by atoms with van der Waals surface area (Å²) in [6, 6.07) is -0.379. The number of piperidine rings is 1. The highest BCUT2D eigenvalue weighted by atomic mass is 32.2. The van der Waals surface area contributed by atoms with E-state index in [2.05, 4.69) is 0 Å². The number of carbonyl (C=O) groups is 2. The van der Waals surface area contributed by atoms with Crippen molar-refractivity contribution in [1.29, 1.82) is 0 Å². The van der Waals surface area contributed by atoms with Gasteiger partial charge >= 0.3 is 5.97 Å². The summed E-state index contributed by atoms with van der Waals surface area (Å²) >= 11 is 0. The predicted octanol–water partition coefficient (Wildman–Crippen LogP) is 0.263. The summed E-state index contributed by atoms with van der Waals surface area (Å²) in [5.41, 5.74) is 0. The zero-order valence-corrected chi connectivity index (χ0v) is 19.0. The predicted molar refractivity (Wildman–Crippen MR) is 108 cm³/mol. The van der Waals surface area contributed by atoms with Crippen molar-refractivity contribution in [1.82, 2.24) is 9.21 Å².